The average Bonchev–Trinajstić information content (AvgIpc) is 3.09. The van der Waals surface area contributed by atoms with E-state index in [4.69, 9.17) is 10.5 Å². The second-order valence-corrected chi connectivity index (χ2v) is 6.70. The van der Waals surface area contributed by atoms with Crippen molar-refractivity contribution in [3.63, 3.8) is 0 Å². The Morgan fingerprint density at radius 2 is 2.13 bits per heavy atom. The number of aliphatic hydroxyl groups is 2. The molecule has 1 saturated heterocycles. The Morgan fingerprint density at radius 1 is 1.30 bits per heavy atom. The molecule has 1 fully saturated rings. The number of hydrogen-bond acceptors (Lipinski definition) is 8. The Bertz CT molecular complexity index is 667. The second-order valence-electron chi connectivity index (χ2n) is 5.55. The summed E-state index contributed by atoms with van der Waals surface area (Å²) in [6.07, 6.45) is 0.836. The van der Waals surface area contributed by atoms with Gasteiger partial charge in [0.05, 0.1) is 18.1 Å². The van der Waals surface area contributed by atoms with E-state index in [0.29, 0.717) is 23.5 Å². The fourth-order valence-corrected chi connectivity index (χ4v) is 3.68. The second kappa shape index (κ2) is 7.10. The predicted molar refractivity (Wildman–Crippen MR) is 87.0 cm³/mol. The van der Waals surface area contributed by atoms with E-state index in [1.807, 2.05) is 6.92 Å². The van der Waals surface area contributed by atoms with Crippen LogP contribution in [0, 0.1) is 6.92 Å². The zero-order valence-corrected chi connectivity index (χ0v) is 13.7. The van der Waals surface area contributed by atoms with Crippen LogP contribution in [0.2, 0.25) is 0 Å². The summed E-state index contributed by atoms with van der Waals surface area (Å²) in [5.74, 6) is 1.51. The van der Waals surface area contributed by atoms with Crippen LogP contribution in [-0.2, 0) is 4.74 Å². The van der Waals surface area contributed by atoms with Gasteiger partial charge in [0.25, 0.3) is 0 Å². The third-order valence-electron chi connectivity index (χ3n) is 3.93. The summed E-state index contributed by atoms with van der Waals surface area (Å²) in [5.41, 5.74) is 7.48. The van der Waals surface area contributed by atoms with Gasteiger partial charge in [-0.25, -0.2) is 15.0 Å². The molecule has 0 saturated carbocycles. The van der Waals surface area contributed by atoms with Crippen molar-refractivity contribution in [1.82, 2.24) is 19.5 Å². The summed E-state index contributed by atoms with van der Waals surface area (Å²) < 4.78 is 7.52. The number of rotatable bonds is 6. The van der Waals surface area contributed by atoms with Crippen molar-refractivity contribution in [3.05, 3.63) is 18.3 Å². The van der Waals surface area contributed by atoms with E-state index in [2.05, 4.69) is 15.0 Å². The van der Waals surface area contributed by atoms with Gasteiger partial charge in [-0.3, -0.25) is 4.57 Å². The van der Waals surface area contributed by atoms with Crippen LogP contribution in [0.5, 0.6) is 0 Å². The summed E-state index contributed by atoms with van der Waals surface area (Å²) in [7, 11) is 0. The van der Waals surface area contributed by atoms with Crippen LogP contribution in [0.4, 0.5) is 0 Å². The standard InChI is InChI=1S/C14H21N5O3S/c1-8-10-13(17-6-16-8)19(7-18-10)14-12(21)11(20)9(22-14)5-23-4-2-3-15/h6-7,9,11-12,14,20-21H,2-5,15H2,1H3/t9-,11-,12-,14-/m1/s1. The summed E-state index contributed by atoms with van der Waals surface area (Å²) in [4.78, 5) is 12.6. The molecule has 4 atom stereocenters. The van der Waals surface area contributed by atoms with Crippen molar-refractivity contribution in [2.75, 3.05) is 18.1 Å². The fourth-order valence-electron chi connectivity index (χ4n) is 2.64. The Labute approximate surface area is 138 Å². The molecule has 3 rings (SSSR count). The number of imidazole rings is 1. The lowest BCUT2D eigenvalue weighted by Gasteiger charge is -2.16. The van der Waals surface area contributed by atoms with Crippen molar-refractivity contribution in [2.24, 2.45) is 5.73 Å². The van der Waals surface area contributed by atoms with E-state index in [-0.39, 0.29) is 0 Å². The number of nitrogens with two attached hydrogens (primary N) is 1. The molecular weight excluding hydrogens is 318 g/mol. The number of thioether (sulfide) groups is 1. The average molecular weight is 339 g/mol. The molecular formula is C14H21N5O3S. The molecule has 0 amide bonds. The number of aliphatic hydroxyl groups excluding tert-OH is 2. The monoisotopic (exact) mass is 339 g/mol. The maximum Gasteiger partial charge on any atom is 0.165 e. The summed E-state index contributed by atoms with van der Waals surface area (Å²) in [6, 6.07) is 0. The van der Waals surface area contributed by atoms with Crippen LogP contribution in [0.3, 0.4) is 0 Å². The molecule has 0 aliphatic carbocycles. The van der Waals surface area contributed by atoms with E-state index in [9.17, 15) is 10.2 Å². The number of hydrogen-bond donors (Lipinski definition) is 3. The SMILES string of the molecule is Cc1ncnc2c1ncn2[C@@H]1O[C@H](CSCCCN)[C@@H](O)[C@H]1O. The molecule has 0 bridgehead atoms. The number of aryl methyl sites for hydroxylation is 1. The van der Waals surface area contributed by atoms with Crippen molar-refractivity contribution in [1.29, 1.82) is 0 Å². The zero-order chi connectivity index (χ0) is 16.4. The normalized spacial score (nSPS) is 27.8. The minimum Gasteiger partial charge on any atom is -0.387 e. The van der Waals surface area contributed by atoms with Crippen LogP contribution < -0.4 is 5.73 Å². The molecule has 0 spiro atoms. The molecule has 126 valence electrons. The highest BCUT2D eigenvalue weighted by molar-refractivity contribution is 7.99. The van der Waals surface area contributed by atoms with Crippen LogP contribution in [0.15, 0.2) is 12.7 Å². The van der Waals surface area contributed by atoms with Crippen LogP contribution in [-0.4, -0.2) is 66.1 Å². The van der Waals surface area contributed by atoms with E-state index in [1.54, 1.807) is 22.7 Å². The highest BCUT2D eigenvalue weighted by Crippen LogP contribution is 2.33. The van der Waals surface area contributed by atoms with Crippen LogP contribution in [0.25, 0.3) is 11.2 Å². The molecule has 0 unspecified atom stereocenters. The van der Waals surface area contributed by atoms with Gasteiger partial charge in [0.2, 0.25) is 0 Å². The minimum atomic E-state index is -1.03. The predicted octanol–water partition coefficient (Wildman–Crippen LogP) is -0.164. The van der Waals surface area contributed by atoms with Gasteiger partial charge in [-0.1, -0.05) is 0 Å². The highest BCUT2D eigenvalue weighted by atomic mass is 32.2. The number of ether oxygens (including phenoxy) is 1. The minimum absolute atomic E-state index is 0.432. The Morgan fingerprint density at radius 3 is 2.91 bits per heavy atom. The summed E-state index contributed by atoms with van der Waals surface area (Å²) in [6.45, 7) is 2.49. The fraction of sp³-hybridized carbons (Fsp3) is 0.643. The van der Waals surface area contributed by atoms with E-state index in [0.717, 1.165) is 17.9 Å². The van der Waals surface area contributed by atoms with Crippen molar-refractivity contribution in [2.45, 2.75) is 37.9 Å². The van der Waals surface area contributed by atoms with E-state index in [1.165, 1.54) is 6.33 Å². The first kappa shape index (κ1) is 16.6. The maximum absolute atomic E-state index is 10.3. The van der Waals surface area contributed by atoms with E-state index >= 15 is 0 Å². The number of nitrogens with zero attached hydrogens (tertiary/aromatic N) is 4. The molecule has 4 N–H and O–H groups in total. The lowest BCUT2D eigenvalue weighted by atomic mass is 10.1. The van der Waals surface area contributed by atoms with Crippen molar-refractivity contribution >= 4 is 22.9 Å². The molecule has 23 heavy (non-hydrogen) atoms. The first-order valence-corrected chi connectivity index (χ1v) is 8.72. The van der Waals surface area contributed by atoms with Gasteiger partial charge in [0, 0.05) is 5.75 Å². The molecule has 2 aromatic rings. The quantitative estimate of drug-likeness (QED) is 0.621. The first-order chi connectivity index (χ1) is 11.1. The van der Waals surface area contributed by atoms with Gasteiger partial charge < -0.3 is 20.7 Å². The van der Waals surface area contributed by atoms with Gasteiger partial charge in [-0.05, 0) is 25.6 Å². The van der Waals surface area contributed by atoms with Crippen molar-refractivity contribution in [3.8, 4) is 0 Å². The Kier molecular flexibility index (Phi) is 5.12. The lowest BCUT2D eigenvalue weighted by molar-refractivity contribution is -0.0289. The number of aromatic nitrogens is 4. The molecule has 3 heterocycles. The summed E-state index contributed by atoms with van der Waals surface area (Å²) in [5, 5.41) is 20.6. The molecule has 1 aliphatic rings. The van der Waals surface area contributed by atoms with Gasteiger partial charge >= 0.3 is 0 Å². The third kappa shape index (κ3) is 3.20. The summed E-state index contributed by atoms with van der Waals surface area (Å²) >= 11 is 1.66. The van der Waals surface area contributed by atoms with Gasteiger partial charge in [-0.15, -0.1) is 0 Å². The molecule has 1 aliphatic heterocycles. The van der Waals surface area contributed by atoms with Gasteiger partial charge in [-0.2, -0.15) is 11.8 Å². The third-order valence-corrected chi connectivity index (χ3v) is 5.07. The van der Waals surface area contributed by atoms with Crippen LogP contribution >= 0.6 is 11.8 Å². The lowest BCUT2D eigenvalue weighted by Crippen LogP contribution is -2.32. The van der Waals surface area contributed by atoms with Gasteiger partial charge in [0.15, 0.2) is 11.9 Å². The Balaban J connectivity index is 1.76. The maximum atomic E-state index is 10.3. The largest absolute Gasteiger partial charge is 0.387 e. The molecule has 0 radical (unpaired) electrons. The molecule has 2 aromatic heterocycles. The highest BCUT2D eigenvalue weighted by Gasteiger charge is 2.44. The molecule has 9 heteroatoms. The van der Waals surface area contributed by atoms with Crippen molar-refractivity contribution < 1.29 is 14.9 Å². The molecule has 0 aromatic carbocycles. The smallest absolute Gasteiger partial charge is 0.165 e. The first-order valence-electron chi connectivity index (χ1n) is 7.57. The zero-order valence-electron chi connectivity index (χ0n) is 12.9. The Hall–Kier alpha value is -1.26. The molecule has 8 nitrogen and oxygen atoms in total. The van der Waals surface area contributed by atoms with E-state index < -0.39 is 24.5 Å². The van der Waals surface area contributed by atoms with Crippen LogP contribution in [0.1, 0.15) is 18.3 Å². The number of fused-ring (bicyclic) bond motifs is 1. The topological polar surface area (TPSA) is 119 Å². The van der Waals surface area contributed by atoms with Gasteiger partial charge in [0.1, 0.15) is 24.1 Å².